The number of ether oxygens (including phenoxy) is 1. The lowest BCUT2D eigenvalue weighted by molar-refractivity contribution is -0.141. The van der Waals surface area contributed by atoms with E-state index in [-0.39, 0.29) is 11.3 Å². The minimum Gasteiger partial charge on any atom is -0.493 e. The maximum Gasteiger partial charge on any atom is 0.307 e. The van der Waals surface area contributed by atoms with Crippen molar-refractivity contribution in [3.05, 3.63) is 62.2 Å². The van der Waals surface area contributed by atoms with Crippen LogP contribution in [-0.2, 0) is 4.79 Å². The number of hydrogen-bond donors (Lipinski definition) is 1. The zero-order valence-corrected chi connectivity index (χ0v) is 19.0. The first-order valence-electron chi connectivity index (χ1n) is 10.0. The van der Waals surface area contributed by atoms with Gasteiger partial charge in [0.15, 0.2) is 11.0 Å². The molecule has 1 fully saturated rings. The number of hydrogen-bond acceptors (Lipinski definition) is 5. The molecule has 0 bridgehead atoms. The van der Waals surface area contributed by atoms with Gasteiger partial charge < -0.3 is 19.2 Å². The number of benzene rings is 2. The highest BCUT2D eigenvalue weighted by atomic mass is 79.9. The number of nitrogens with zero attached hydrogens (tertiary/aromatic N) is 1. The first kappa shape index (κ1) is 21.9. The molecule has 6 nitrogen and oxygen atoms in total. The quantitative estimate of drug-likeness (QED) is 0.452. The van der Waals surface area contributed by atoms with E-state index in [1.165, 1.54) is 6.07 Å². The Morgan fingerprint density at radius 3 is 2.90 bits per heavy atom. The highest BCUT2D eigenvalue weighted by Gasteiger charge is 2.27. The summed E-state index contributed by atoms with van der Waals surface area (Å²) in [4.78, 5) is 25.8. The van der Waals surface area contributed by atoms with Gasteiger partial charge in [-0.15, -0.1) is 0 Å². The third-order valence-electron chi connectivity index (χ3n) is 5.41. The lowest BCUT2D eigenvalue weighted by Crippen LogP contribution is -2.25. The molecule has 31 heavy (non-hydrogen) atoms. The largest absolute Gasteiger partial charge is 0.493 e. The molecule has 0 spiro atoms. The highest BCUT2D eigenvalue weighted by Crippen LogP contribution is 2.34. The van der Waals surface area contributed by atoms with Gasteiger partial charge >= 0.3 is 5.97 Å². The third-order valence-corrected chi connectivity index (χ3v) is 6.20. The molecule has 2 aromatic carbocycles. The van der Waals surface area contributed by atoms with Crippen LogP contribution >= 0.6 is 27.5 Å². The molecule has 3 aromatic rings. The van der Waals surface area contributed by atoms with E-state index in [1.54, 1.807) is 18.2 Å². The number of carbonyl (C=O) groups is 1. The smallest absolute Gasteiger partial charge is 0.307 e. The summed E-state index contributed by atoms with van der Waals surface area (Å²) in [5, 5.41) is 9.93. The molecule has 0 saturated carbocycles. The molecular weight excluding hydrogens is 486 g/mol. The molecule has 1 unspecified atom stereocenters. The minimum atomic E-state index is -0.727. The van der Waals surface area contributed by atoms with E-state index in [0.717, 1.165) is 24.0 Å². The monoisotopic (exact) mass is 505 g/mol. The first-order chi connectivity index (χ1) is 14.9. The van der Waals surface area contributed by atoms with Gasteiger partial charge in [-0.1, -0.05) is 33.6 Å². The Labute approximate surface area is 192 Å². The summed E-state index contributed by atoms with van der Waals surface area (Å²) >= 11 is 9.70. The van der Waals surface area contributed by atoms with Crippen LogP contribution in [0.15, 0.2) is 56.1 Å². The van der Waals surface area contributed by atoms with Gasteiger partial charge in [-0.3, -0.25) is 9.59 Å². The fourth-order valence-corrected chi connectivity index (χ4v) is 4.36. The van der Waals surface area contributed by atoms with Crippen LogP contribution in [0, 0.1) is 5.92 Å². The van der Waals surface area contributed by atoms with Crippen LogP contribution in [0.4, 0.5) is 0 Å². The van der Waals surface area contributed by atoms with E-state index in [2.05, 4.69) is 20.8 Å². The zero-order chi connectivity index (χ0) is 22.0. The molecule has 1 N–H and O–H groups in total. The van der Waals surface area contributed by atoms with Crippen molar-refractivity contribution >= 4 is 44.5 Å². The summed E-state index contributed by atoms with van der Waals surface area (Å²) in [6, 6.07) is 12.1. The average molecular weight is 507 g/mol. The zero-order valence-electron chi connectivity index (χ0n) is 16.6. The lowest BCUT2D eigenvalue weighted by Gasteiger charge is -2.16. The maximum absolute atomic E-state index is 12.6. The number of carboxylic acid groups (broad SMARTS) is 1. The van der Waals surface area contributed by atoms with Gasteiger partial charge in [0.1, 0.15) is 11.5 Å². The summed E-state index contributed by atoms with van der Waals surface area (Å²) in [5.41, 5.74) is 0.839. The molecule has 1 saturated heterocycles. The van der Waals surface area contributed by atoms with E-state index in [1.807, 2.05) is 18.2 Å². The van der Waals surface area contributed by atoms with Crippen molar-refractivity contribution in [1.29, 1.82) is 0 Å². The van der Waals surface area contributed by atoms with Gasteiger partial charge in [-0.05, 0) is 49.7 Å². The number of likely N-dealkylation sites (tertiary alicyclic amines) is 1. The molecule has 162 valence electrons. The van der Waals surface area contributed by atoms with Crippen molar-refractivity contribution in [3.8, 4) is 17.1 Å². The van der Waals surface area contributed by atoms with Crippen LogP contribution in [-0.4, -0.2) is 42.2 Å². The second-order valence-electron chi connectivity index (χ2n) is 7.56. The van der Waals surface area contributed by atoms with Crippen molar-refractivity contribution < 1.29 is 19.1 Å². The van der Waals surface area contributed by atoms with Crippen LogP contribution in [0.2, 0.25) is 5.02 Å². The molecule has 1 aliphatic rings. The Morgan fingerprint density at radius 2 is 2.13 bits per heavy atom. The van der Waals surface area contributed by atoms with Gasteiger partial charge in [0.25, 0.3) is 0 Å². The predicted octanol–water partition coefficient (Wildman–Crippen LogP) is 5.05. The number of rotatable bonds is 7. The molecule has 8 heteroatoms. The van der Waals surface area contributed by atoms with Gasteiger partial charge in [-0.2, -0.15) is 0 Å². The molecular formula is C23H21BrClNO5. The number of carboxylic acids is 1. The van der Waals surface area contributed by atoms with Crippen molar-refractivity contribution in [2.75, 3.05) is 26.2 Å². The fourth-order valence-electron chi connectivity index (χ4n) is 3.80. The predicted molar refractivity (Wildman–Crippen MR) is 123 cm³/mol. The summed E-state index contributed by atoms with van der Waals surface area (Å²) in [6.07, 6.45) is 1.45. The maximum atomic E-state index is 12.6. The number of halogens is 2. The summed E-state index contributed by atoms with van der Waals surface area (Å²) < 4.78 is 12.8. The topological polar surface area (TPSA) is 80.0 Å². The second kappa shape index (κ2) is 9.42. The Kier molecular flexibility index (Phi) is 6.65. The fraction of sp³-hybridized carbons (Fsp3) is 0.304. The van der Waals surface area contributed by atoms with Gasteiger partial charge in [-0.25, -0.2) is 0 Å². The normalized spacial score (nSPS) is 16.6. The van der Waals surface area contributed by atoms with Gasteiger partial charge in [0, 0.05) is 23.6 Å². The number of para-hydroxylation sites is 1. The molecule has 1 aromatic heterocycles. The van der Waals surface area contributed by atoms with Gasteiger partial charge in [0.2, 0.25) is 0 Å². The Balaban J connectivity index is 1.50. The first-order valence-corrected chi connectivity index (χ1v) is 11.2. The van der Waals surface area contributed by atoms with Crippen LogP contribution in [0.1, 0.15) is 12.8 Å². The minimum absolute atomic E-state index is 0.172. The van der Waals surface area contributed by atoms with Crippen molar-refractivity contribution in [2.45, 2.75) is 12.8 Å². The van der Waals surface area contributed by atoms with E-state index in [0.29, 0.717) is 52.6 Å². The molecule has 4 rings (SSSR count). The van der Waals surface area contributed by atoms with Crippen LogP contribution in [0.5, 0.6) is 5.75 Å². The lowest BCUT2D eigenvalue weighted by atomic mass is 10.1. The Bertz CT molecular complexity index is 1180. The molecule has 0 radical (unpaired) electrons. The van der Waals surface area contributed by atoms with Crippen molar-refractivity contribution in [2.24, 2.45) is 5.92 Å². The summed E-state index contributed by atoms with van der Waals surface area (Å²) in [5.74, 6) is -0.0274. The van der Waals surface area contributed by atoms with Crippen molar-refractivity contribution in [1.82, 2.24) is 4.90 Å². The van der Waals surface area contributed by atoms with Gasteiger partial charge in [0.05, 0.1) is 28.5 Å². The number of fused-ring (bicyclic) bond motifs is 1. The van der Waals surface area contributed by atoms with E-state index >= 15 is 0 Å². The Morgan fingerprint density at radius 1 is 1.29 bits per heavy atom. The average Bonchev–Trinajstić information content (AvgIpc) is 3.21. The SMILES string of the molecule is O=C(O)C1CCN(CCCOc2cc(Br)ccc2-c2cc(=O)c3cccc(Cl)c3o2)C1. The van der Waals surface area contributed by atoms with E-state index < -0.39 is 5.97 Å². The Hall–Kier alpha value is -2.35. The molecule has 2 heterocycles. The van der Waals surface area contributed by atoms with E-state index in [9.17, 15) is 9.59 Å². The van der Waals surface area contributed by atoms with Crippen LogP contribution in [0.3, 0.4) is 0 Å². The van der Waals surface area contributed by atoms with Crippen LogP contribution in [0.25, 0.3) is 22.3 Å². The molecule has 1 aliphatic heterocycles. The summed E-state index contributed by atoms with van der Waals surface area (Å²) in [7, 11) is 0. The van der Waals surface area contributed by atoms with Crippen LogP contribution < -0.4 is 10.2 Å². The molecule has 0 aliphatic carbocycles. The standard InChI is InChI=1S/C23H21BrClNO5/c24-15-5-6-17(21-12-19(27)16-3-1-4-18(25)22(16)31-21)20(11-15)30-10-2-8-26-9-7-14(13-26)23(28)29/h1,3-6,11-12,14H,2,7-10,13H2,(H,28,29). The molecule has 0 amide bonds. The number of aliphatic carboxylic acids is 1. The van der Waals surface area contributed by atoms with E-state index in [4.69, 9.17) is 25.9 Å². The third kappa shape index (κ3) is 4.95. The molecule has 1 atom stereocenters. The summed E-state index contributed by atoms with van der Waals surface area (Å²) in [6.45, 7) is 2.60. The van der Waals surface area contributed by atoms with Crippen molar-refractivity contribution in [3.63, 3.8) is 0 Å². The highest BCUT2D eigenvalue weighted by molar-refractivity contribution is 9.10. The second-order valence-corrected chi connectivity index (χ2v) is 8.88.